The number of para-hydroxylation sites is 2. The summed E-state index contributed by atoms with van der Waals surface area (Å²) in [5.74, 6) is 0.715. The van der Waals surface area contributed by atoms with Crippen molar-refractivity contribution in [3.8, 4) is 56.4 Å². The van der Waals surface area contributed by atoms with Gasteiger partial charge in [0.15, 0.2) is 5.82 Å². The van der Waals surface area contributed by atoms with Crippen molar-refractivity contribution in [3.05, 3.63) is 180 Å². The fourth-order valence-corrected chi connectivity index (χ4v) is 7.65. The van der Waals surface area contributed by atoms with E-state index in [9.17, 15) is 0 Å². The lowest BCUT2D eigenvalue weighted by Gasteiger charge is -2.17. The van der Waals surface area contributed by atoms with Crippen LogP contribution in [0, 0.1) is 27.7 Å². The van der Waals surface area contributed by atoms with Gasteiger partial charge in [0.1, 0.15) is 0 Å². The number of aryl methyl sites for hydroxylation is 2. The first-order chi connectivity index (χ1) is 25.4. The summed E-state index contributed by atoms with van der Waals surface area (Å²) in [5, 5.41) is 2.56. The highest BCUT2D eigenvalue weighted by atomic mass is 15.0. The molecule has 250 valence electrons. The van der Waals surface area contributed by atoms with Gasteiger partial charge in [-0.1, -0.05) is 121 Å². The van der Waals surface area contributed by atoms with Gasteiger partial charge in [-0.2, -0.15) is 0 Å². The summed E-state index contributed by atoms with van der Waals surface area (Å²) in [7, 11) is 0. The molecule has 0 bridgehead atoms. The minimum atomic E-state index is 0.715. The van der Waals surface area contributed by atoms with E-state index in [4.69, 9.17) is 9.97 Å². The summed E-state index contributed by atoms with van der Waals surface area (Å²) in [6.07, 6.45) is 0. The van der Waals surface area contributed by atoms with Crippen LogP contribution in [0.2, 0.25) is 0 Å². The molecule has 0 aliphatic heterocycles. The summed E-state index contributed by atoms with van der Waals surface area (Å²) >= 11 is 0. The lowest BCUT2D eigenvalue weighted by atomic mass is 10.0. The van der Waals surface area contributed by atoms with E-state index < -0.39 is 0 Å². The van der Waals surface area contributed by atoms with Gasteiger partial charge < -0.3 is 9.13 Å². The van der Waals surface area contributed by atoms with Crippen LogP contribution < -0.4 is 0 Å². The molecule has 0 unspecified atom stereocenters. The van der Waals surface area contributed by atoms with Crippen molar-refractivity contribution < 1.29 is 0 Å². The Bertz CT molecular complexity index is 2590. The molecule has 0 aliphatic carbocycles. The Morgan fingerprint density at radius 1 is 0.365 bits per heavy atom. The van der Waals surface area contributed by atoms with Gasteiger partial charge in [0.05, 0.1) is 22.4 Å². The number of rotatable bonds is 6. The van der Waals surface area contributed by atoms with E-state index >= 15 is 0 Å². The smallest absolute Gasteiger partial charge is 0.160 e. The number of aromatic nitrogens is 4. The van der Waals surface area contributed by atoms with E-state index in [1.165, 1.54) is 44.3 Å². The molecule has 0 fully saturated rings. The monoisotopic (exact) mass is 670 g/mol. The number of hydrogen-bond donors (Lipinski definition) is 0. The second-order valence-corrected chi connectivity index (χ2v) is 13.6. The second kappa shape index (κ2) is 12.7. The van der Waals surface area contributed by atoms with Crippen molar-refractivity contribution in [2.45, 2.75) is 27.7 Å². The summed E-state index contributed by atoms with van der Waals surface area (Å²) < 4.78 is 4.83. The molecule has 9 rings (SSSR count). The van der Waals surface area contributed by atoms with Crippen LogP contribution >= 0.6 is 0 Å². The van der Waals surface area contributed by atoms with Gasteiger partial charge in [0.25, 0.3) is 0 Å². The molecule has 0 saturated carbocycles. The third-order valence-corrected chi connectivity index (χ3v) is 10.6. The highest BCUT2D eigenvalue weighted by Crippen LogP contribution is 2.36. The van der Waals surface area contributed by atoms with Crippen LogP contribution in [0.25, 0.3) is 78.2 Å². The van der Waals surface area contributed by atoms with Crippen LogP contribution in [0.15, 0.2) is 158 Å². The summed E-state index contributed by atoms with van der Waals surface area (Å²) in [5.41, 5.74) is 17.0. The third-order valence-electron chi connectivity index (χ3n) is 10.6. The highest BCUT2D eigenvalue weighted by molar-refractivity contribution is 5.89. The normalized spacial score (nSPS) is 11.5. The van der Waals surface area contributed by atoms with E-state index in [2.05, 4.69) is 170 Å². The quantitative estimate of drug-likeness (QED) is 0.176. The maximum atomic E-state index is 5.07. The maximum Gasteiger partial charge on any atom is 0.160 e. The molecule has 0 radical (unpaired) electrons. The van der Waals surface area contributed by atoms with Crippen molar-refractivity contribution in [3.63, 3.8) is 0 Å². The molecule has 0 atom stereocenters. The van der Waals surface area contributed by atoms with E-state index in [0.29, 0.717) is 5.82 Å². The standard InChI is InChI=1S/C48H38N4/c1-31-33(3)51(46-21-13-11-19-42(31)46)40-27-39(28-41(29-40)52-34(4)32(2)43-20-12-14-22-47(43)52)35-23-25-37(26-24-35)45-30-44(36-15-7-5-8-16-36)49-48(50-45)38-17-9-6-10-18-38/h5-30H,1-4H3. The predicted molar refractivity (Wildman–Crippen MR) is 216 cm³/mol. The Labute approximate surface area is 304 Å². The van der Waals surface area contributed by atoms with Crippen molar-refractivity contribution >= 4 is 21.8 Å². The minimum Gasteiger partial charge on any atom is -0.314 e. The zero-order valence-corrected chi connectivity index (χ0v) is 29.8. The molecule has 52 heavy (non-hydrogen) atoms. The molecule has 0 spiro atoms. The molecule has 4 nitrogen and oxygen atoms in total. The number of nitrogens with zero attached hydrogens (tertiary/aromatic N) is 4. The Kier molecular flexibility index (Phi) is 7.66. The van der Waals surface area contributed by atoms with Gasteiger partial charge in [0, 0.05) is 50.2 Å². The van der Waals surface area contributed by atoms with Crippen LogP contribution in [0.5, 0.6) is 0 Å². The van der Waals surface area contributed by atoms with E-state index in [1.807, 2.05) is 24.3 Å². The molecule has 9 aromatic rings. The first-order valence-electron chi connectivity index (χ1n) is 17.8. The molecule has 6 aromatic carbocycles. The topological polar surface area (TPSA) is 35.6 Å². The molecule has 4 heteroatoms. The first-order valence-corrected chi connectivity index (χ1v) is 17.8. The SMILES string of the molecule is Cc1c(C)n(-c2cc(-c3ccc(-c4cc(-c5ccccc5)nc(-c5ccccc5)n4)cc3)cc(-n3c(C)c(C)c4ccccc43)c2)c2ccccc12. The van der Waals surface area contributed by atoms with E-state index in [-0.39, 0.29) is 0 Å². The van der Waals surface area contributed by atoms with Crippen LogP contribution in [0.4, 0.5) is 0 Å². The Balaban J connectivity index is 1.21. The minimum absolute atomic E-state index is 0.715. The lowest BCUT2D eigenvalue weighted by Crippen LogP contribution is -2.02. The second-order valence-electron chi connectivity index (χ2n) is 13.6. The molecule has 3 heterocycles. The van der Waals surface area contributed by atoms with Crippen LogP contribution in [-0.2, 0) is 0 Å². The molecule has 0 saturated heterocycles. The highest BCUT2D eigenvalue weighted by Gasteiger charge is 2.18. The molecule has 3 aromatic heterocycles. The van der Waals surface area contributed by atoms with Gasteiger partial charge in [0.2, 0.25) is 0 Å². The van der Waals surface area contributed by atoms with Crippen molar-refractivity contribution in [2.24, 2.45) is 0 Å². The van der Waals surface area contributed by atoms with Gasteiger partial charge in [-0.15, -0.1) is 0 Å². The summed E-state index contributed by atoms with van der Waals surface area (Å²) in [6.45, 7) is 8.91. The molecular weight excluding hydrogens is 633 g/mol. The Hall–Kier alpha value is -6.52. The van der Waals surface area contributed by atoms with E-state index in [1.54, 1.807) is 0 Å². The molecule has 0 amide bonds. The number of fused-ring (bicyclic) bond motifs is 2. The van der Waals surface area contributed by atoms with Crippen molar-refractivity contribution in [1.29, 1.82) is 0 Å². The van der Waals surface area contributed by atoms with Crippen LogP contribution in [-0.4, -0.2) is 19.1 Å². The van der Waals surface area contributed by atoms with Crippen molar-refractivity contribution in [1.82, 2.24) is 19.1 Å². The Morgan fingerprint density at radius 2 is 0.788 bits per heavy atom. The van der Waals surface area contributed by atoms with Gasteiger partial charge in [-0.25, -0.2) is 9.97 Å². The average molecular weight is 671 g/mol. The summed E-state index contributed by atoms with van der Waals surface area (Å²) in [4.78, 5) is 10.1. The lowest BCUT2D eigenvalue weighted by molar-refractivity contribution is 1.01. The summed E-state index contributed by atoms with van der Waals surface area (Å²) in [6, 6.07) is 55.9. The fourth-order valence-electron chi connectivity index (χ4n) is 7.65. The molecular formula is C48H38N4. The van der Waals surface area contributed by atoms with Crippen LogP contribution in [0.1, 0.15) is 22.5 Å². The van der Waals surface area contributed by atoms with Gasteiger partial charge >= 0.3 is 0 Å². The third kappa shape index (κ3) is 5.32. The number of benzene rings is 6. The van der Waals surface area contributed by atoms with Crippen molar-refractivity contribution in [2.75, 3.05) is 0 Å². The van der Waals surface area contributed by atoms with Crippen LogP contribution in [0.3, 0.4) is 0 Å². The zero-order chi connectivity index (χ0) is 35.3. The van der Waals surface area contributed by atoms with Gasteiger partial charge in [-0.3, -0.25) is 0 Å². The number of hydrogen-bond acceptors (Lipinski definition) is 2. The zero-order valence-electron chi connectivity index (χ0n) is 29.8. The average Bonchev–Trinajstić information content (AvgIpc) is 3.62. The predicted octanol–water partition coefficient (Wildman–Crippen LogP) is 12.3. The maximum absolute atomic E-state index is 5.07. The molecule has 0 aliphatic rings. The first kappa shape index (κ1) is 31.5. The molecule has 0 N–H and O–H groups in total. The largest absolute Gasteiger partial charge is 0.314 e. The van der Waals surface area contributed by atoms with E-state index in [0.717, 1.165) is 50.6 Å². The van der Waals surface area contributed by atoms with Gasteiger partial charge in [-0.05, 0) is 86.3 Å². The fraction of sp³-hybridized carbons (Fsp3) is 0.0833. The Morgan fingerprint density at radius 3 is 1.31 bits per heavy atom.